The number of aryl methyl sites for hydroxylation is 1. The number of fused-ring (bicyclic) bond motifs is 1. The van der Waals surface area contributed by atoms with Crippen LogP contribution >= 0.6 is 23.1 Å². The molecular weight excluding hydrogens is 553 g/mol. The van der Waals surface area contributed by atoms with E-state index < -0.39 is 5.91 Å². The SMILES string of the molecule is Cc1ccc2nc(NC(=O)CSc3ccc(NC(=O)/C(=C/c4ccccc4)NC(=O)c4ccccc4)cc3)sc2c1. The number of amides is 3. The van der Waals surface area contributed by atoms with Crippen LogP contribution in [0.4, 0.5) is 10.8 Å². The molecule has 0 unspecified atom stereocenters. The van der Waals surface area contributed by atoms with Gasteiger partial charge in [-0.1, -0.05) is 65.9 Å². The molecule has 41 heavy (non-hydrogen) atoms. The number of hydrogen-bond donors (Lipinski definition) is 3. The Hall–Kier alpha value is -4.73. The Morgan fingerprint density at radius 2 is 1.56 bits per heavy atom. The van der Waals surface area contributed by atoms with Crippen LogP contribution in [0, 0.1) is 6.92 Å². The number of benzene rings is 4. The van der Waals surface area contributed by atoms with Gasteiger partial charge in [-0.3, -0.25) is 14.4 Å². The topological polar surface area (TPSA) is 100 Å². The summed E-state index contributed by atoms with van der Waals surface area (Å²) < 4.78 is 1.03. The lowest BCUT2D eigenvalue weighted by Crippen LogP contribution is -2.30. The summed E-state index contributed by atoms with van der Waals surface area (Å²) in [6.07, 6.45) is 1.63. The van der Waals surface area contributed by atoms with Gasteiger partial charge in [-0.25, -0.2) is 4.98 Å². The zero-order valence-corrected chi connectivity index (χ0v) is 23.7. The van der Waals surface area contributed by atoms with E-state index in [0.29, 0.717) is 16.4 Å². The quantitative estimate of drug-likeness (QED) is 0.133. The average molecular weight is 579 g/mol. The number of rotatable bonds is 9. The molecule has 0 aliphatic carbocycles. The summed E-state index contributed by atoms with van der Waals surface area (Å²) in [6.45, 7) is 2.02. The standard InChI is InChI=1S/C32H26N4O3S2/c1-21-12-17-26-28(18-21)41-32(35-26)36-29(37)20-40-25-15-13-24(14-16-25)33-31(39)27(19-22-8-4-2-5-9-22)34-30(38)23-10-6-3-7-11-23/h2-19H,20H2,1H3,(H,33,39)(H,34,38)(H,35,36,37)/b27-19-. The third-order valence-electron chi connectivity index (χ3n) is 5.91. The van der Waals surface area contributed by atoms with Crippen LogP contribution in [0.3, 0.4) is 0 Å². The van der Waals surface area contributed by atoms with E-state index in [-0.39, 0.29) is 23.3 Å². The molecule has 9 heteroatoms. The molecule has 1 heterocycles. The maximum atomic E-state index is 13.2. The summed E-state index contributed by atoms with van der Waals surface area (Å²) in [7, 11) is 0. The summed E-state index contributed by atoms with van der Waals surface area (Å²) in [5.74, 6) is -0.762. The molecule has 0 bridgehead atoms. The highest BCUT2D eigenvalue weighted by atomic mass is 32.2. The number of aromatic nitrogens is 1. The summed E-state index contributed by atoms with van der Waals surface area (Å²) in [4.78, 5) is 43.8. The minimum Gasteiger partial charge on any atom is -0.321 e. The Kier molecular flexibility index (Phi) is 8.88. The van der Waals surface area contributed by atoms with E-state index >= 15 is 0 Å². The van der Waals surface area contributed by atoms with Crippen LogP contribution in [0.15, 0.2) is 114 Å². The van der Waals surface area contributed by atoms with Crippen LogP contribution in [0.2, 0.25) is 0 Å². The first-order valence-electron chi connectivity index (χ1n) is 12.8. The molecule has 0 fully saturated rings. The van der Waals surface area contributed by atoms with Gasteiger partial charge in [0.2, 0.25) is 5.91 Å². The normalized spacial score (nSPS) is 11.2. The molecule has 0 aliphatic heterocycles. The zero-order chi connectivity index (χ0) is 28.6. The number of hydrogen-bond acceptors (Lipinski definition) is 6. The van der Waals surface area contributed by atoms with Gasteiger partial charge in [0.15, 0.2) is 5.13 Å². The van der Waals surface area contributed by atoms with Crippen molar-refractivity contribution in [2.75, 3.05) is 16.4 Å². The lowest BCUT2D eigenvalue weighted by atomic mass is 10.1. The highest BCUT2D eigenvalue weighted by Gasteiger charge is 2.15. The Morgan fingerprint density at radius 3 is 2.29 bits per heavy atom. The van der Waals surface area contributed by atoms with Crippen molar-refractivity contribution in [2.45, 2.75) is 11.8 Å². The summed E-state index contributed by atoms with van der Waals surface area (Å²) in [6, 6.07) is 31.2. The Bertz CT molecular complexity index is 1720. The molecule has 3 N–H and O–H groups in total. The van der Waals surface area contributed by atoms with Gasteiger partial charge in [-0.05, 0) is 72.7 Å². The molecule has 7 nitrogen and oxygen atoms in total. The van der Waals surface area contributed by atoms with Crippen LogP contribution in [-0.4, -0.2) is 28.5 Å². The van der Waals surface area contributed by atoms with Crippen LogP contribution in [0.1, 0.15) is 21.5 Å². The first kappa shape index (κ1) is 27.8. The minimum atomic E-state index is -0.455. The number of carbonyl (C=O) groups is 3. The number of anilines is 2. The van der Waals surface area contributed by atoms with Crippen LogP contribution in [-0.2, 0) is 9.59 Å². The van der Waals surface area contributed by atoms with Gasteiger partial charge < -0.3 is 16.0 Å². The molecular formula is C32H26N4O3S2. The van der Waals surface area contributed by atoms with Crippen molar-refractivity contribution in [3.63, 3.8) is 0 Å². The highest BCUT2D eigenvalue weighted by Crippen LogP contribution is 2.27. The van der Waals surface area contributed by atoms with Gasteiger partial charge in [0, 0.05) is 16.1 Å². The van der Waals surface area contributed by atoms with Gasteiger partial charge in [-0.2, -0.15) is 0 Å². The van der Waals surface area contributed by atoms with Gasteiger partial charge >= 0.3 is 0 Å². The number of nitrogens with zero attached hydrogens (tertiary/aromatic N) is 1. The maximum absolute atomic E-state index is 13.2. The van der Waals surface area contributed by atoms with Crippen molar-refractivity contribution < 1.29 is 14.4 Å². The smallest absolute Gasteiger partial charge is 0.272 e. The summed E-state index contributed by atoms with van der Waals surface area (Å²) in [5.41, 5.74) is 3.91. The Morgan fingerprint density at radius 1 is 0.854 bits per heavy atom. The molecule has 0 spiro atoms. The molecule has 0 radical (unpaired) electrons. The molecule has 204 valence electrons. The van der Waals surface area contributed by atoms with Crippen LogP contribution < -0.4 is 16.0 Å². The van der Waals surface area contributed by atoms with Crippen molar-refractivity contribution in [1.82, 2.24) is 10.3 Å². The third kappa shape index (κ3) is 7.69. The van der Waals surface area contributed by atoms with Crippen molar-refractivity contribution >= 4 is 67.9 Å². The fraction of sp³-hybridized carbons (Fsp3) is 0.0625. The Labute approximate surface area is 245 Å². The van der Waals surface area contributed by atoms with Crippen molar-refractivity contribution in [3.8, 4) is 0 Å². The molecule has 3 amide bonds. The fourth-order valence-corrected chi connectivity index (χ4v) is 5.56. The van der Waals surface area contributed by atoms with Crippen LogP contribution in [0.5, 0.6) is 0 Å². The monoisotopic (exact) mass is 578 g/mol. The predicted octanol–water partition coefficient (Wildman–Crippen LogP) is 6.75. The van der Waals surface area contributed by atoms with Gasteiger partial charge in [-0.15, -0.1) is 11.8 Å². The number of thiazole rings is 1. The second-order valence-electron chi connectivity index (χ2n) is 9.09. The lowest BCUT2D eigenvalue weighted by Gasteiger charge is -2.12. The molecule has 4 aromatic carbocycles. The number of thioether (sulfide) groups is 1. The van der Waals surface area contributed by atoms with Crippen molar-refractivity contribution in [2.24, 2.45) is 0 Å². The predicted molar refractivity (Wildman–Crippen MR) is 167 cm³/mol. The molecule has 0 saturated heterocycles. The fourth-order valence-electron chi connectivity index (χ4n) is 3.88. The third-order valence-corrected chi connectivity index (χ3v) is 7.86. The molecule has 5 rings (SSSR count). The molecule has 1 aromatic heterocycles. The average Bonchev–Trinajstić information content (AvgIpc) is 3.38. The first-order valence-corrected chi connectivity index (χ1v) is 14.6. The van der Waals surface area contributed by atoms with Crippen molar-refractivity contribution in [3.05, 3.63) is 126 Å². The molecule has 0 atom stereocenters. The van der Waals surface area contributed by atoms with E-state index in [1.807, 2.05) is 67.6 Å². The molecule has 0 aliphatic rings. The van der Waals surface area contributed by atoms with E-state index in [0.717, 1.165) is 26.2 Å². The van der Waals surface area contributed by atoms with Gasteiger partial charge in [0.1, 0.15) is 5.70 Å². The molecule has 0 saturated carbocycles. The largest absolute Gasteiger partial charge is 0.321 e. The van der Waals surface area contributed by atoms with Gasteiger partial charge in [0.05, 0.1) is 16.0 Å². The minimum absolute atomic E-state index is 0.116. The van der Waals surface area contributed by atoms with E-state index in [1.54, 1.807) is 42.5 Å². The van der Waals surface area contributed by atoms with Crippen molar-refractivity contribution in [1.29, 1.82) is 0 Å². The van der Waals surface area contributed by atoms with E-state index in [4.69, 9.17) is 0 Å². The van der Waals surface area contributed by atoms with E-state index in [2.05, 4.69) is 27.0 Å². The van der Waals surface area contributed by atoms with Gasteiger partial charge in [0.25, 0.3) is 11.8 Å². The number of carbonyl (C=O) groups excluding carboxylic acids is 3. The Balaban J connectivity index is 1.19. The second-order valence-corrected chi connectivity index (χ2v) is 11.2. The zero-order valence-electron chi connectivity index (χ0n) is 22.1. The van der Waals surface area contributed by atoms with E-state index in [1.165, 1.54) is 23.1 Å². The highest BCUT2D eigenvalue weighted by molar-refractivity contribution is 8.00. The maximum Gasteiger partial charge on any atom is 0.272 e. The molecule has 5 aromatic rings. The van der Waals surface area contributed by atoms with E-state index in [9.17, 15) is 14.4 Å². The second kappa shape index (κ2) is 13.1. The summed E-state index contributed by atoms with van der Waals surface area (Å²) >= 11 is 2.83. The lowest BCUT2D eigenvalue weighted by molar-refractivity contribution is -0.114. The summed E-state index contributed by atoms with van der Waals surface area (Å²) in [5, 5.41) is 9.02. The van der Waals surface area contributed by atoms with Crippen LogP contribution in [0.25, 0.3) is 16.3 Å². The first-order chi connectivity index (χ1) is 19.9. The number of nitrogens with one attached hydrogen (secondary N) is 3.